The number of allylic oxidation sites excluding steroid dienone is 2. The highest BCUT2D eigenvalue weighted by atomic mass is 15.1. The highest BCUT2D eigenvalue weighted by molar-refractivity contribution is 5.87. The summed E-state index contributed by atoms with van der Waals surface area (Å²) in [6.07, 6.45) is 12.0. The molecule has 9 rings (SSSR count). The number of hydrogen-bond acceptors (Lipinski definition) is 2. The van der Waals surface area contributed by atoms with Gasteiger partial charge >= 0.3 is 0 Å². The Kier molecular flexibility index (Phi) is 14.8. The van der Waals surface area contributed by atoms with Gasteiger partial charge in [0, 0.05) is 34.1 Å². The molecule has 0 heterocycles. The van der Waals surface area contributed by atoms with Crippen LogP contribution in [0.5, 0.6) is 0 Å². The minimum Gasteiger partial charge on any atom is -0.310 e. The monoisotopic (exact) mass is 915 g/mol. The van der Waals surface area contributed by atoms with Gasteiger partial charge in [0.15, 0.2) is 0 Å². The van der Waals surface area contributed by atoms with E-state index in [1.807, 2.05) is 0 Å². The Labute approximate surface area is 419 Å². The number of aryl methyl sites for hydroxylation is 7. The Hall–Kier alpha value is -7.16. The largest absolute Gasteiger partial charge is 0.310 e. The third kappa shape index (κ3) is 11.6. The lowest BCUT2D eigenvalue weighted by atomic mass is 9.79. The lowest BCUT2D eigenvalue weighted by Crippen LogP contribution is -2.12. The Morgan fingerprint density at radius 1 is 0.400 bits per heavy atom. The minimum absolute atomic E-state index is 0.694. The highest BCUT2D eigenvalue weighted by Gasteiger charge is 2.21. The van der Waals surface area contributed by atoms with Crippen molar-refractivity contribution in [1.29, 1.82) is 0 Å². The Bertz CT molecular complexity index is 3070. The van der Waals surface area contributed by atoms with Gasteiger partial charge in [-0.3, -0.25) is 0 Å². The van der Waals surface area contributed by atoms with Crippen LogP contribution < -0.4 is 9.80 Å². The van der Waals surface area contributed by atoms with E-state index in [0.29, 0.717) is 5.92 Å². The van der Waals surface area contributed by atoms with Crippen molar-refractivity contribution in [2.75, 3.05) is 9.80 Å². The van der Waals surface area contributed by atoms with Crippen molar-refractivity contribution in [1.82, 2.24) is 0 Å². The van der Waals surface area contributed by atoms with Crippen molar-refractivity contribution in [3.63, 3.8) is 0 Å². The summed E-state index contributed by atoms with van der Waals surface area (Å²) in [6.45, 7) is 17.7. The molecule has 2 nitrogen and oxygen atoms in total. The molecule has 0 aromatic heterocycles. The molecular formula is C68H70N2. The van der Waals surface area contributed by atoms with E-state index in [1.54, 1.807) is 0 Å². The van der Waals surface area contributed by atoms with E-state index in [2.05, 4.69) is 259 Å². The molecule has 70 heavy (non-hydrogen) atoms. The SMILES string of the molecule is Cc1ccc(CC(=Cc2ccc(N(c3ccc(C)cc3)c3ccc(C)cc3C)cc2)c2ccc(C(=Cc3ccc(N(c4ccc(C)cc4)c4ccc(C)cc4C)cc3)CC3CCC(C)CC3)cc2)cc1. The summed E-state index contributed by atoms with van der Waals surface area (Å²) < 4.78 is 0. The van der Waals surface area contributed by atoms with Gasteiger partial charge in [-0.1, -0.05) is 181 Å². The second kappa shape index (κ2) is 21.6. The molecule has 2 heteroatoms. The molecular weight excluding hydrogens is 845 g/mol. The first-order valence-corrected chi connectivity index (χ1v) is 25.6. The first kappa shape index (κ1) is 47.9. The zero-order valence-electron chi connectivity index (χ0n) is 42.8. The first-order chi connectivity index (χ1) is 33.9. The molecule has 0 amide bonds. The number of rotatable bonds is 14. The van der Waals surface area contributed by atoms with Crippen LogP contribution in [0.1, 0.15) is 106 Å². The molecule has 1 aliphatic rings. The standard InChI is InChI=1S/C68H70N2/c1-47-9-19-55(20-10-47)43-61(45-57-23-35-65(36-24-57)69(63-31-13-49(3)14-32-63)67-39-17-51(5)41-53(67)7)59-27-29-60(30-28-59)62(44-56-21-11-48(2)12-22-56)46-58-25-37-66(38-26-58)70(64-33-15-50(4)16-34-64)68-40-18-52(6)42-54(68)8/h9-10,13-20,23-42,45-46,48,56H,11-12,21-22,43-44H2,1-8H3. The topological polar surface area (TPSA) is 6.48 Å². The van der Waals surface area contributed by atoms with Gasteiger partial charge in [-0.05, 0) is 197 Å². The minimum atomic E-state index is 0.694. The molecule has 1 aliphatic carbocycles. The molecule has 0 bridgehead atoms. The predicted molar refractivity (Wildman–Crippen MR) is 303 cm³/mol. The Balaban J connectivity index is 1.05. The van der Waals surface area contributed by atoms with Gasteiger partial charge in [-0.2, -0.15) is 0 Å². The summed E-state index contributed by atoms with van der Waals surface area (Å²) in [7, 11) is 0. The van der Waals surface area contributed by atoms with Crippen LogP contribution in [-0.2, 0) is 6.42 Å². The summed E-state index contributed by atoms with van der Waals surface area (Å²) in [6, 6.07) is 68.1. The van der Waals surface area contributed by atoms with Crippen LogP contribution in [-0.4, -0.2) is 0 Å². The molecule has 0 N–H and O–H groups in total. The van der Waals surface area contributed by atoms with E-state index in [4.69, 9.17) is 0 Å². The Morgan fingerprint density at radius 2 is 0.757 bits per heavy atom. The lowest BCUT2D eigenvalue weighted by molar-refractivity contribution is 0.294. The average Bonchev–Trinajstić information content (AvgIpc) is 3.36. The van der Waals surface area contributed by atoms with E-state index < -0.39 is 0 Å². The van der Waals surface area contributed by atoms with Crippen LogP contribution in [0.2, 0.25) is 0 Å². The van der Waals surface area contributed by atoms with E-state index >= 15 is 0 Å². The smallest absolute Gasteiger partial charge is 0.0490 e. The molecule has 1 saturated carbocycles. The van der Waals surface area contributed by atoms with Gasteiger partial charge in [-0.25, -0.2) is 0 Å². The molecule has 8 aromatic rings. The van der Waals surface area contributed by atoms with Crippen molar-refractivity contribution < 1.29 is 0 Å². The second-order valence-electron chi connectivity index (χ2n) is 20.5. The summed E-state index contributed by atoms with van der Waals surface area (Å²) in [5, 5.41) is 0. The van der Waals surface area contributed by atoms with Gasteiger partial charge in [0.2, 0.25) is 0 Å². The quantitative estimate of drug-likeness (QED) is 0.100. The Morgan fingerprint density at radius 3 is 1.17 bits per heavy atom. The number of nitrogens with zero attached hydrogens (tertiary/aromatic N) is 2. The number of hydrogen-bond donors (Lipinski definition) is 0. The zero-order valence-corrected chi connectivity index (χ0v) is 42.8. The number of benzene rings is 8. The molecule has 352 valence electrons. The predicted octanol–water partition coefficient (Wildman–Crippen LogP) is 19.3. The van der Waals surface area contributed by atoms with E-state index in [0.717, 1.165) is 35.8 Å². The maximum absolute atomic E-state index is 2.47. The van der Waals surface area contributed by atoms with Crippen LogP contribution in [0.15, 0.2) is 182 Å². The normalized spacial score (nSPS) is 15.2. The fraction of sp³-hybridized carbons (Fsp3) is 0.235. The van der Waals surface area contributed by atoms with Gasteiger partial charge < -0.3 is 9.80 Å². The first-order valence-electron chi connectivity index (χ1n) is 25.6. The van der Waals surface area contributed by atoms with Crippen LogP contribution in [0.25, 0.3) is 23.3 Å². The van der Waals surface area contributed by atoms with Crippen LogP contribution in [0.3, 0.4) is 0 Å². The third-order valence-electron chi connectivity index (χ3n) is 14.5. The van der Waals surface area contributed by atoms with Crippen molar-refractivity contribution >= 4 is 57.4 Å². The summed E-state index contributed by atoms with van der Waals surface area (Å²) in [5.74, 6) is 1.52. The summed E-state index contributed by atoms with van der Waals surface area (Å²) in [4.78, 5) is 4.78. The van der Waals surface area contributed by atoms with Gasteiger partial charge in [0.1, 0.15) is 0 Å². The van der Waals surface area contributed by atoms with Gasteiger partial charge in [-0.15, -0.1) is 0 Å². The van der Waals surface area contributed by atoms with Crippen molar-refractivity contribution in [2.45, 2.75) is 93.9 Å². The van der Waals surface area contributed by atoms with Crippen LogP contribution >= 0.6 is 0 Å². The summed E-state index contributed by atoms with van der Waals surface area (Å²) >= 11 is 0. The lowest BCUT2D eigenvalue weighted by Gasteiger charge is -2.28. The molecule has 0 unspecified atom stereocenters. The fourth-order valence-corrected chi connectivity index (χ4v) is 10.4. The maximum Gasteiger partial charge on any atom is 0.0490 e. The van der Waals surface area contributed by atoms with Crippen molar-refractivity contribution in [2.24, 2.45) is 11.8 Å². The van der Waals surface area contributed by atoms with E-state index in [-0.39, 0.29) is 0 Å². The summed E-state index contributed by atoms with van der Waals surface area (Å²) in [5.41, 5.74) is 24.9. The molecule has 8 aromatic carbocycles. The fourth-order valence-electron chi connectivity index (χ4n) is 10.4. The molecule has 1 fully saturated rings. The van der Waals surface area contributed by atoms with E-state index in [1.165, 1.54) is 121 Å². The van der Waals surface area contributed by atoms with Crippen LogP contribution in [0, 0.1) is 60.3 Å². The van der Waals surface area contributed by atoms with Crippen LogP contribution in [0.4, 0.5) is 34.1 Å². The zero-order chi connectivity index (χ0) is 48.7. The van der Waals surface area contributed by atoms with Gasteiger partial charge in [0.05, 0.1) is 0 Å². The number of anilines is 6. The maximum atomic E-state index is 2.47. The molecule has 0 spiro atoms. The molecule has 0 saturated heterocycles. The van der Waals surface area contributed by atoms with Crippen molar-refractivity contribution in [3.8, 4) is 0 Å². The average molecular weight is 915 g/mol. The highest BCUT2D eigenvalue weighted by Crippen LogP contribution is 2.41. The second-order valence-corrected chi connectivity index (χ2v) is 20.5. The van der Waals surface area contributed by atoms with E-state index in [9.17, 15) is 0 Å². The third-order valence-corrected chi connectivity index (χ3v) is 14.5. The molecule has 0 radical (unpaired) electrons. The molecule has 0 aliphatic heterocycles. The van der Waals surface area contributed by atoms with Crippen molar-refractivity contribution in [3.05, 3.63) is 249 Å². The van der Waals surface area contributed by atoms with Gasteiger partial charge in [0.25, 0.3) is 0 Å². The molecule has 0 atom stereocenters.